The van der Waals surface area contributed by atoms with E-state index in [1.54, 1.807) is 0 Å². The van der Waals surface area contributed by atoms with Gasteiger partial charge in [-0.1, -0.05) is 45.2 Å². The summed E-state index contributed by atoms with van der Waals surface area (Å²) in [6, 6.07) is 8.97. The van der Waals surface area contributed by atoms with Gasteiger partial charge in [0, 0.05) is 6.04 Å². The first-order valence-electron chi connectivity index (χ1n) is 8.31. The third kappa shape index (κ3) is 4.43. The number of nitrogens with one attached hydrogen (secondary N) is 1. The molecule has 1 saturated carbocycles. The molecule has 2 heteroatoms. The number of ether oxygens (including phenoxy) is 1. The Morgan fingerprint density at radius 3 is 2.75 bits per heavy atom. The van der Waals surface area contributed by atoms with Crippen molar-refractivity contribution in [3.63, 3.8) is 0 Å². The highest BCUT2D eigenvalue weighted by atomic mass is 16.5. The van der Waals surface area contributed by atoms with Crippen molar-refractivity contribution in [2.45, 2.75) is 64.8 Å². The molecule has 0 heterocycles. The zero-order valence-electron chi connectivity index (χ0n) is 13.0. The molecule has 0 saturated heterocycles. The molecule has 0 aromatic heterocycles. The van der Waals surface area contributed by atoms with Gasteiger partial charge < -0.3 is 10.1 Å². The molecular weight excluding hydrogens is 246 g/mol. The van der Waals surface area contributed by atoms with Gasteiger partial charge in [-0.3, -0.25) is 0 Å². The summed E-state index contributed by atoms with van der Waals surface area (Å²) < 4.78 is 5.84. The quantitative estimate of drug-likeness (QED) is 0.716. The second-order valence-electron chi connectivity index (χ2n) is 5.97. The molecule has 2 nitrogen and oxygen atoms in total. The molecule has 0 spiro atoms. The van der Waals surface area contributed by atoms with Crippen LogP contribution in [-0.4, -0.2) is 12.6 Å². The number of anilines is 1. The average Bonchev–Trinajstić information content (AvgIpc) is 2.71. The molecule has 0 radical (unpaired) electrons. The molecule has 112 valence electrons. The van der Waals surface area contributed by atoms with E-state index in [2.05, 4.69) is 43.4 Å². The van der Waals surface area contributed by atoms with Gasteiger partial charge in [-0.15, -0.1) is 0 Å². The normalized spacial score (nSPS) is 23.1. The first-order valence-corrected chi connectivity index (χ1v) is 8.31. The maximum absolute atomic E-state index is 5.84. The summed E-state index contributed by atoms with van der Waals surface area (Å²) in [6.07, 6.45) is 9.10. The molecular formula is C18H29NO. The van der Waals surface area contributed by atoms with Crippen LogP contribution in [0.15, 0.2) is 24.3 Å². The summed E-state index contributed by atoms with van der Waals surface area (Å²) in [5.41, 5.74) is 1.17. The van der Waals surface area contributed by atoms with Crippen molar-refractivity contribution < 1.29 is 4.74 Å². The Morgan fingerprint density at radius 1 is 1.10 bits per heavy atom. The maximum atomic E-state index is 5.84. The van der Waals surface area contributed by atoms with E-state index in [0.717, 1.165) is 24.7 Å². The lowest BCUT2D eigenvalue weighted by atomic mass is 9.98. The minimum absolute atomic E-state index is 0.609. The number of hydrogen-bond donors (Lipinski definition) is 1. The molecule has 1 fully saturated rings. The van der Waals surface area contributed by atoms with E-state index in [1.807, 2.05) is 0 Å². The molecule has 20 heavy (non-hydrogen) atoms. The molecule has 2 rings (SSSR count). The Hall–Kier alpha value is -1.18. The predicted octanol–water partition coefficient (Wildman–Crippen LogP) is 5.25. The summed E-state index contributed by atoms with van der Waals surface area (Å²) in [5.74, 6) is 1.94. The molecule has 0 amide bonds. The lowest BCUT2D eigenvalue weighted by molar-refractivity contribution is 0.318. The number of para-hydroxylation sites is 2. The van der Waals surface area contributed by atoms with Crippen molar-refractivity contribution in [2.75, 3.05) is 11.9 Å². The topological polar surface area (TPSA) is 21.3 Å². The fourth-order valence-corrected chi connectivity index (χ4v) is 3.07. The van der Waals surface area contributed by atoms with Crippen molar-refractivity contribution >= 4 is 5.69 Å². The summed E-state index contributed by atoms with van der Waals surface area (Å²) in [4.78, 5) is 0. The van der Waals surface area contributed by atoms with Crippen molar-refractivity contribution in [3.8, 4) is 5.75 Å². The molecule has 2 unspecified atom stereocenters. The highest BCUT2D eigenvalue weighted by Gasteiger charge is 2.18. The SMILES string of the molecule is CCCOc1ccccc1NC1CCCC(CC)CC1. The van der Waals surface area contributed by atoms with Crippen LogP contribution in [0.4, 0.5) is 5.69 Å². The van der Waals surface area contributed by atoms with E-state index in [9.17, 15) is 0 Å². The number of hydrogen-bond acceptors (Lipinski definition) is 2. The summed E-state index contributed by atoms with van der Waals surface area (Å²) >= 11 is 0. The molecule has 0 aliphatic heterocycles. The Kier molecular flexibility index (Phi) is 6.23. The van der Waals surface area contributed by atoms with Crippen LogP contribution in [-0.2, 0) is 0 Å². The van der Waals surface area contributed by atoms with E-state index in [0.29, 0.717) is 6.04 Å². The second-order valence-corrected chi connectivity index (χ2v) is 5.97. The molecule has 0 bridgehead atoms. The Labute approximate surface area is 123 Å². The van der Waals surface area contributed by atoms with Crippen LogP contribution in [0, 0.1) is 5.92 Å². The summed E-state index contributed by atoms with van der Waals surface area (Å²) in [6.45, 7) is 5.26. The van der Waals surface area contributed by atoms with Crippen LogP contribution in [0.1, 0.15) is 58.8 Å². The third-order valence-electron chi connectivity index (χ3n) is 4.37. The number of rotatable bonds is 6. The molecule has 1 aliphatic carbocycles. The third-order valence-corrected chi connectivity index (χ3v) is 4.37. The Balaban J connectivity index is 1.95. The Bertz CT molecular complexity index is 391. The maximum Gasteiger partial charge on any atom is 0.142 e. The first-order chi connectivity index (χ1) is 9.83. The van der Waals surface area contributed by atoms with E-state index in [1.165, 1.54) is 44.2 Å². The van der Waals surface area contributed by atoms with E-state index in [4.69, 9.17) is 4.74 Å². The van der Waals surface area contributed by atoms with E-state index >= 15 is 0 Å². The van der Waals surface area contributed by atoms with Gasteiger partial charge in [0.2, 0.25) is 0 Å². The smallest absolute Gasteiger partial charge is 0.142 e. The van der Waals surface area contributed by atoms with Crippen molar-refractivity contribution in [2.24, 2.45) is 5.92 Å². The van der Waals surface area contributed by atoms with Gasteiger partial charge in [0.05, 0.1) is 12.3 Å². The van der Waals surface area contributed by atoms with Gasteiger partial charge in [-0.2, -0.15) is 0 Å². The van der Waals surface area contributed by atoms with Gasteiger partial charge in [0.25, 0.3) is 0 Å². The fourth-order valence-electron chi connectivity index (χ4n) is 3.07. The molecule has 1 aliphatic rings. The highest BCUT2D eigenvalue weighted by molar-refractivity contribution is 5.56. The van der Waals surface area contributed by atoms with Crippen molar-refractivity contribution in [3.05, 3.63) is 24.3 Å². The zero-order chi connectivity index (χ0) is 14.2. The average molecular weight is 275 g/mol. The summed E-state index contributed by atoms with van der Waals surface area (Å²) in [7, 11) is 0. The van der Waals surface area contributed by atoms with Crippen LogP contribution in [0.25, 0.3) is 0 Å². The zero-order valence-corrected chi connectivity index (χ0v) is 13.0. The van der Waals surface area contributed by atoms with Crippen molar-refractivity contribution in [1.29, 1.82) is 0 Å². The standard InChI is InChI=1S/C18H29NO/c1-3-14-20-18-11-6-5-10-17(18)19-16-9-7-8-15(4-2)12-13-16/h5-6,10-11,15-16,19H,3-4,7-9,12-14H2,1-2H3. The van der Waals surface area contributed by atoms with Gasteiger partial charge in [-0.25, -0.2) is 0 Å². The van der Waals surface area contributed by atoms with Gasteiger partial charge in [0.15, 0.2) is 0 Å². The Morgan fingerprint density at radius 2 is 1.95 bits per heavy atom. The second kappa shape index (κ2) is 8.18. The van der Waals surface area contributed by atoms with Crippen LogP contribution >= 0.6 is 0 Å². The largest absolute Gasteiger partial charge is 0.491 e. The van der Waals surface area contributed by atoms with Gasteiger partial charge in [-0.05, 0) is 43.7 Å². The lowest BCUT2D eigenvalue weighted by Gasteiger charge is -2.20. The minimum atomic E-state index is 0.609. The number of benzene rings is 1. The monoisotopic (exact) mass is 275 g/mol. The molecule has 1 aromatic rings. The predicted molar refractivity (Wildman–Crippen MR) is 86.5 cm³/mol. The fraction of sp³-hybridized carbons (Fsp3) is 0.667. The van der Waals surface area contributed by atoms with E-state index < -0.39 is 0 Å². The van der Waals surface area contributed by atoms with Crippen LogP contribution < -0.4 is 10.1 Å². The van der Waals surface area contributed by atoms with Crippen LogP contribution in [0.2, 0.25) is 0 Å². The highest BCUT2D eigenvalue weighted by Crippen LogP contribution is 2.30. The molecule has 2 atom stereocenters. The van der Waals surface area contributed by atoms with E-state index in [-0.39, 0.29) is 0 Å². The van der Waals surface area contributed by atoms with Gasteiger partial charge >= 0.3 is 0 Å². The molecule has 1 aromatic carbocycles. The van der Waals surface area contributed by atoms with Crippen LogP contribution in [0.3, 0.4) is 0 Å². The lowest BCUT2D eigenvalue weighted by Crippen LogP contribution is -2.19. The van der Waals surface area contributed by atoms with Crippen molar-refractivity contribution in [1.82, 2.24) is 0 Å². The minimum Gasteiger partial charge on any atom is -0.491 e. The van der Waals surface area contributed by atoms with Crippen LogP contribution in [0.5, 0.6) is 5.75 Å². The van der Waals surface area contributed by atoms with Gasteiger partial charge in [0.1, 0.15) is 5.75 Å². The molecule has 1 N–H and O–H groups in total. The first kappa shape index (κ1) is 15.2. The summed E-state index contributed by atoms with van der Waals surface area (Å²) in [5, 5.41) is 3.72.